The Bertz CT molecular complexity index is 827. The molecule has 2 aromatic rings. The highest BCUT2D eigenvalue weighted by molar-refractivity contribution is 7.14. The molecule has 1 aromatic heterocycles. The molecule has 0 saturated carbocycles. The van der Waals surface area contributed by atoms with Crippen LogP contribution < -0.4 is 10.2 Å². The average Bonchev–Trinajstić information content (AvgIpc) is 2.78. The number of fused-ring (bicyclic) bond motifs is 1. The lowest BCUT2D eigenvalue weighted by Gasteiger charge is -2.25. The van der Waals surface area contributed by atoms with Crippen LogP contribution in [-0.4, -0.2) is 12.5 Å². The molecule has 146 valence electrons. The smallest absolute Gasteiger partial charge is 0.224 e. The third kappa shape index (κ3) is 4.70. The molecule has 3 nitrogen and oxygen atoms in total. The van der Waals surface area contributed by atoms with E-state index in [1.807, 2.05) is 13.8 Å². The monoisotopic (exact) mass is 388 g/mol. The average molecular weight is 389 g/mol. The van der Waals surface area contributed by atoms with Gasteiger partial charge in [0.2, 0.25) is 5.91 Å². The van der Waals surface area contributed by atoms with Gasteiger partial charge < -0.3 is 10.2 Å². The van der Waals surface area contributed by atoms with Crippen molar-refractivity contribution < 1.29 is 9.18 Å². The number of halogens is 1. The van der Waals surface area contributed by atoms with Crippen LogP contribution in [0.25, 0.3) is 0 Å². The normalized spacial score (nSPS) is 14.7. The molecule has 0 saturated heterocycles. The molecule has 0 fully saturated rings. The van der Waals surface area contributed by atoms with Gasteiger partial charge in [0, 0.05) is 24.3 Å². The van der Waals surface area contributed by atoms with Crippen LogP contribution in [0, 0.1) is 24.4 Å². The number of amides is 1. The third-order valence-corrected chi connectivity index (χ3v) is 5.85. The molecule has 1 amide bonds. The predicted octanol–water partition coefficient (Wildman–Crippen LogP) is 6.35. The summed E-state index contributed by atoms with van der Waals surface area (Å²) < 4.78 is 13.9. The Balaban J connectivity index is 1.90. The highest BCUT2D eigenvalue weighted by Gasteiger charge is 2.22. The molecule has 1 aliphatic heterocycles. The number of aryl methyl sites for hydroxylation is 3. The molecule has 0 radical (unpaired) electrons. The quantitative estimate of drug-likeness (QED) is 0.664. The van der Waals surface area contributed by atoms with E-state index in [2.05, 4.69) is 43.1 Å². The number of nitrogens with one attached hydrogen (secondary N) is 1. The van der Waals surface area contributed by atoms with Gasteiger partial charge in [-0.15, -0.1) is 0 Å². The van der Waals surface area contributed by atoms with Gasteiger partial charge >= 0.3 is 0 Å². The molecule has 1 aromatic carbocycles. The second-order valence-corrected chi connectivity index (χ2v) is 9.71. The maximum absolute atomic E-state index is 13.9. The SMILES string of the molecule is Cc1cc(N2CCCCc3cc(F)sc32)cc(C)c1NC(=O)CC(C)(C)C. The Morgan fingerprint density at radius 1 is 1.19 bits per heavy atom. The van der Waals surface area contributed by atoms with E-state index in [4.69, 9.17) is 0 Å². The minimum atomic E-state index is -0.119. The number of anilines is 3. The maximum Gasteiger partial charge on any atom is 0.224 e. The van der Waals surface area contributed by atoms with Crippen molar-refractivity contribution >= 4 is 33.6 Å². The van der Waals surface area contributed by atoms with E-state index < -0.39 is 0 Å². The summed E-state index contributed by atoms with van der Waals surface area (Å²) in [5.74, 6) is 0.0406. The summed E-state index contributed by atoms with van der Waals surface area (Å²) >= 11 is 1.23. The van der Waals surface area contributed by atoms with Crippen molar-refractivity contribution in [3.8, 4) is 0 Å². The molecule has 2 heterocycles. The molecular weight excluding hydrogens is 359 g/mol. The Kier molecular flexibility index (Phi) is 5.61. The zero-order chi connectivity index (χ0) is 19.8. The van der Waals surface area contributed by atoms with Gasteiger partial charge in [-0.05, 0) is 73.4 Å². The van der Waals surface area contributed by atoms with E-state index in [-0.39, 0.29) is 16.5 Å². The van der Waals surface area contributed by atoms with Gasteiger partial charge in [-0.3, -0.25) is 4.79 Å². The summed E-state index contributed by atoms with van der Waals surface area (Å²) in [4.78, 5) is 14.6. The minimum Gasteiger partial charge on any atom is -0.333 e. The topological polar surface area (TPSA) is 32.3 Å². The van der Waals surface area contributed by atoms with Gasteiger partial charge in [-0.1, -0.05) is 32.1 Å². The van der Waals surface area contributed by atoms with Crippen molar-refractivity contribution in [3.63, 3.8) is 0 Å². The number of carbonyl (C=O) groups is 1. The standard InChI is InChI=1S/C22H29FN2OS/c1-14-10-17(11-15(2)20(14)24-19(26)13-22(3,4)5)25-9-7-6-8-16-12-18(23)27-21(16)25/h10-12H,6-9,13H2,1-5H3,(H,24,26). The molecule has 1 aliphatic rings. The first-order valence-electron chi connectivity index (χ1n) is 9.61. The van der Waals surface area contributed by atoms with Crippen LogP contribution in [0.3, 0.4) is 0 Å². The van der Waals surface area contributed by atoms with Crippen LogP contribution >= 0.6 is 11.3 Å². The number of benzene rings is 1. The van der Waals surface area contributed by atoms with Crippen LogP contribution in [0.4, 0.5) is 20.8 Å². The predicted molar refractivity (Wildman–Crippen MR) is 113 cm³/mol. The van der Waals surface area contributed by atoms with Crippen LogP contribution in [0.2, 0.25) is 0 Å². The fraction of sp³-hybridized carbons (Fsp3) is 0.500. The minimum absolute atomic E-state index is 0.0406. The van der Waals surface area contributed by atoms with Crippen molar-refractivity contribution in [1.29, 1.82) is 0 Å². The van der Waals surface area contributed by atoms with Crippen molar-refractivity contribution in [3.05, 3.63) is 40.0 Å². The lowest BCUT2D eigenvalue weighted by molar-refractivity contribution is -0.117. The van der Waals surface area contributed by atoms with Crippen molar-refractivity contribution in [2.24, 2.45) is 5.41 Å². The number of rotatable bonds is 3. The summed E-state index contributed by atoms with van der Waals surface area (Å²) in [6.45, 7) is 11.1. The third-order valence-electron chi connectivity index (χ3n) is 4.86. The van der Waals surface area contributed by atoms with Gasteiger partial charge in [0.25, 0.3) is 0 Å². The highest BCUT2D eigenvalue weighted by atomic mass is 32.1. The Labute approximate surface area is 165 Å². The lowest BCUT2D eigenvalue weighted by atomic mass is 9.92. The second kappa shape index (κ2) is 7.63. The maximum atomic E-state index is 13.9. The molecular formula is C22H29FN2OS. The highest BCUT2D eigenvalue weighted by Crippen LogP contribution is 2.40. The van der Waals surface area contributed by atoms with Gasteiger partial charge in [0.15, 0.2) is 5.13 Å². The first-order valence-corrected chi connectivity index (χ1v) is 10.4. The van der Waals surface area contributed by atoms with E-state index in [1.54, 1.807) is 6.07 Å². The Hall–Kier alpha value is -1.88. The fourth-order valence-corrected chi connectivity index (χ4v) is 4.67. The summed E-state index contributed by atoms with van der Waals surface area (Å²) in [5, 5.41) is 3.99. The molecule has 5 heteroatoms. The van der Waals surface area contributed by atoms with Crippen LogP contribution in [-0.2, 0) is 11.2 Å². The summed E-state index contributed by atoms with van der Waals surface area (Å²) in [6.07, 6.45) is 3.59. The van der Waals surface area contributed by atoms with Gasteiger partial charge in [0.1, 0.15) is 5.00 Å². The molecule has 0 bridgehead atoms. The van der Waals surface area contributed by atoms with Crippen LogP contribution in [0.1, 0.15) is 56.7 Å². The molecule has 0 aliphatic carbocycles. The fourth-order valence-electron chi connectivity index (χ4n) is 3.69. The second-order valence-electron chi connectivity index (χ2n) is 8.73. The van der Waals surface area contributed by atoms with Crippen molar-refractivity contribution in [2.75, 3.05) is 16.8 Å². The van der Waals surface area contributed by atoms with Gasteiger partial charge in [-0.25, -0.2) is 0 Å². The van der Waals surface area contributed by atoms with Crippen LogP contribution in [0.5, 0.6) is 0 Å². The van der Waals surface area contributed by atoms with Crippen molar-refractivity contribution in [1.82, 2.24) is 0 Å². The summed E-state index contributed by atoms with van der Waals surface area (Å²) in [6, 6.07) is 5.89. The molecule has 3 rings (SSSR count). The number of thiophene rings is 1. The molecule has 0 unspecified atom stereocenters. The first-order chi connectivity index (χ1) is 12.6. The first kappa shape index (κ1) is 19.9. The van der Waals surface area contributed by atoms with E-state index in [1.165, 1.54) is 11.3 Å². The van der Waals surface area contributed by atoms with Gasteiger partial charge in [0.05, 0.1) is 0 Å². The van der Waals surface area contributed by atoms with E-state index >= 15 is 0 Å². The van der Waals surface area contributed by atoms with E-state index in [0.717, 1.165) is 58.9 Å². The lowest BCUT2D eigenvalue weighted by Crippen LogP contribution is -2.21. The zero-order valence-electron chi connectivity index (χ0n) is 16.9. The molecule has 27 heavy (non-hydrogen) atoms. The van der Waals surface area contributed by atoms with E-state index in [0.29, 0.717) is 6.42 Å². The molecule has 0 atom stereocenters. The number of hydrogen-bond acceptors (Lipinski definition) is 3. The largest absolute Gasteiger partial charge is 0.333 e. The number of nitrogens with zero attached hydrogens (tertiary/aromatic N) is 1. The molecule has 1 N–H and O–H groups in total. The van der Waals surface area contributed by atoms with Crippen molar-refractivity contribution in [2.45, 2.75) is 60.3 Å². The zero-order valence-corrected chi connectivity index (χ0v) is 17.7. The number of hydrogen-bond donors (Lipinski definition) is 1. The van der Waals surface area contributed by atoms with Gasteiger partial charge in [-0.2, -0.15) is 4.39 Å². The summed E-state index contributed by atoms with van der Waals surface area (Å²) in [7, 11) is 0. The summed E-state index contributed by atoms with van der Waals surface area (Å²) in [5.41, 5.74) is 5.10. The van der Waals surface area contributed by atoms with E-state index in [9.17, 15) is 9.18 Å². The Morgan fingerprint density at radius 3 is 2.48 bits per heavy atom. The van der Waals surface area contributed by atoms with Crippen LogP contribution in [0.15, 0.2) is 18.2 Å². The molecule has 0 spiro atoms. The number of carbonyl (C=O) groups excluding carboxylic acids is 1. The Morgan fingerprint density at radius 2 is 1.85 bits per heavy atom.